The molecule has 0 fully saturated rings. The number of hydrogen-bond acceptors (Lipinski definition) is 6. The average molecular weight is 256 g/mol. The SMILES string of the molecule is COc1cc(OC/C(N)=N\O)cc(OC)c1OC. The van der Waals surface area contributed by atoms with Crippen LogP contribution in [0.2, 0.25) is 0 Å². The standard InChI is InChI=1S/C11H16N2O5/c1-15-8-4-7(18-6-10(12)13-14)5-9(16-2)11(8)17-3/h4-5,14H,6H2,1-3H3,(H2,12,13). The van der Waals surface area contributed by atoms with E-state index in [1.54, 1.807) is 12.1 Å². The van der Waals surface area contributed by atoms with Crippen LogP contribution in [-0.2, 0) is 0 Å². The number of nitrogens with zero attached hydrogens (tertiary/aromatic N) is 1. The second kappa shape index (κ2) is 6.43. The molecule has 1 rings (SSSR count). The van der Waals surface area contributed by atoms with Gasteiger partial charge in [0, 0.05) is 12.1 Å². The molecule has 1 aromatic carbocycles. The minimum absolute atomic E-state index is 0.0382. The summed E-state index contributed by atoms with van der Waals surface area (Å²) in [5.41, 5.74) is 5.31. The van der Waals surface area contributed by atoms with Gasteiger partial charge in [0.15, 0.2) is 17.3 Å². The van der Waals surface area contributed by atoms with E-state index in [0.717, 1.165) is 0 Å². The molecule has 100 valence electrons. The number of hydrogen-bond donors (Lipinski definition) is 2. The van der Waals surface area contributed by atoms with Crippen LogP contribution < -0.4 is 24.7 Å². The van der Waals surface area contributed by atoms with Gasteiger partial charge in [-0.25, -0.2) is 0 Å². The molecule has 0 aliphatic heterocycles. The number of methoxy groups -OCH3 is 3. The quantitative estimate of drug-likeness (QED) is 0.339. The highest BCUT2D eigenvalue weighted by Gasteiger charge is 2.14. The van der Waals surface area contributed by atoms with Crippen LogP contribution in [0.1, 0.15) is 0 Å². The van der Waals surface area contributed by atoms with Crippen LogP contribution in [0.4, 0.5) is 0 Å². The summed E-state index contributed by atoms with van der Waals surface area (Å²) < 4.78 is 20.8. The lowest BCUT2D eigenvalue weighted by molar-refractivity contribution is 0.302. The summed E-state index contributed by atoms with van der Waals surface area (Å²) in [5.74, 6) is 1.81. The highest BCUT2D eigenvalue weighted by Crippen LogP contribution is 2.40. The van der Waals surface area contributed by atoms with Crippen LogP contribution in [0.5, 0.6) is 23.0 Å². The Morgan fingerprint density at radius 3 is 2.11 bits per heavy atom. The van der Waals surface area contributed by atoms with Crippen molar-refractivity contribution in [1.82, 2.24) is 0 Å². The maximum Gasteiger partial charge on any atom is 0.203 e. The summed E-state index contributed by atoms with van der Waals surface area (Å²) in [5, 5.41) is 11.2. The van der Waals surface area contributed by atoms with Crippen molar-refractivity contribution in [3.63, 3.8) is 0 Å². The number of ether oxygens (including phenoxy) is 4. The minimum atomic E-state index is -0.0465. The Hall–Kier alpha value is -2.31. The van der Waals surface area contributed by atoms with Gasteiger partial charge in [-0.2, -0.15) is 0 Å². The maximum absolute atomic E-state index is 8.41. The first-order chi connectivity index (χ1) is 8.65. The fraction of sp³-hybridized carbons (Fsp3) is 0.364. The second-order valence-electron chi connectivity index (χ2n) is 3.24. The fourth-order valence-electron chi connectivity index (χ4n) is 1.33. The number of amidine groups is 1. The van der Waals surface area contributed by atoms with Crippen molar-refractivity contribution in [2.45, 2.75) is 0 Å². The van der Waals surface area contributed by atoms with Crippen LogP contribution in [0.15, 0.2) is 17.3 Å². The van der Waals surface area contributed by atoms with Crippen LogP contribution in [0, 0.1) is 0 Å². The van der Waals surface area contributed by atoms with Crippen molar-refractivity contribution < 1.29 is 24.2 Å². The fourth-order valence-corrected chi connectivity index (χ4v) is 1.33. The van der Waals surface area contributed by atoms with Gasteiger partial charge >= 0.3 is 0 Å². The third-order valence-corrected chi connectivity index (χ3v) is 2.15. The van der Waals surface area contributed by atoms with Crippen molar-refractivity contribution in [2.24, 2.45) is 10.9 Å². The predicted molar refractivity (Wildman–Crippen MR) is 65.0 cm³/mol. The zero-order chi connectivity index (χ0) is 13.5. The molecule has 0 amide bonds. The number of rotatable bonds is 6. The Bertz CT molecular complexity index is 408. The Morgan fingerprint density at radius 2 is 1.72 bits per heavy atom. The highest BCUT2D eigenvalue weighted by molar-refractivity contribution is 5.81. The molecule has 7 nitrogen and oxygen atoms in total. The molecule has 0 aromatic heterocycles. The van der Waals surface area contributed by atoms with E-state index in [2.05, 4.69) is 5.16 Å². The van der Waals surface area contributed by atoms with E-state index >= 15 is 0 Å². The summed E-state index contributed by atoms with van der Waals surface area (Å²) >= 11 is 0. The van der Waals surface area contributed by atoms with Crippen molar-refractivity contribution in [2.75, 3.05) is 27.9 Å². The van der Waals surface area contributed by atoms with Gasteiger partial charge in [-0.3, -0.25) is 0 Å². The van der Waals surface area contributed by atoms with Crippen molar-refractivity contribution in [3.8, 4) is 23.0 Å². The molecule has 18 heavy (non-hydrogen) atoms. The molecule has 0 saturated carbocycles. The zero-order valence-electron chi connectivity index (χ0n) is 10.5. The molecular weight excluding hydrogens is 240 g/mol. The van der Waals surface area contributed by atoms with Crippen molar-refractivity contribution in [1.29, 1.82) is 0 Å². The van der Waals surface area contributed by atoms with Crippen LogP contribution in [0.25, 0.3) is 0 Å². The number of benzene rings is 1. The molecule has 0 aliphatic rings. The van der Waals surface area contributed by atoms with Gasteiger partial charge in [0.1, 0.15) is 12.4 Å². The van der Waals surface area contributed by atoms with Gasteiger partial charge in [0.2, 0.25) is 5.75 Å². The molecule has 0 bridgehead atoms. The first-order valence-electron chi connectivity index (χ1n) is 5.05. The summed E-state index contributed by atoms with van der Waals surface area (Å²) in [7, 11) is 4.52. The van der Waals surface area contributed by atoms with E-state index < -0.39 is 0 Å². The molecular formula is C11H16N2O5. The highest BCUT2D eigenvalue weighted by atomic mass is 16.5. The monoisotopic (exact) mass is 256 g/mol. The smallest absolute Gasteiger partial charge is 0.203 e. The van der Waals surface area contributed by atoms with Gasteiger partial charge in [0.05, 0.1) is 21.3 Å². The predicted octanol–water partition coefficient (Wildman–Crippen LogP) is 0.838. The van der Waals surface area contributed by atoms with Gasteiger partial charge in [0.25, 0.3) is 0 Å². The topological polar surface area (TPSA) is 95.5 Å². The van der Waals surface area contributed by atoms with E-state index in [1.165, 1.54) is 21.3 Å². The Morgan fingerprint density at radius 1 is 1.17 bits per heavy atom. The lowest BCUT2D eigenvalue weighted by Gasteiger charge is -2.14. The van der Waals surface area contributed by atoms with E-state index in [4.69, 9.17) is 29.9 Å². The van der Waals surface area contributed by atoms with E-state index in [-0.39, 0.29) is 12.4 Å². The van der Waals surface area contributed by atoms with E-state index in [9.17, 15) is 0 Å². The number of oxime groups is 1. The second-order valence-corrected chi connectivity index (χ2v) is 3.24. The normalized spacial score (nSPS) is 10.9. The largest absolute Gasteiger partial charge is 0.493 e. The maximum atomic E-state index is 8.41. The van der Waals surface area contributed by atoms with Gasteiger partial charge in [-0.05, 0) is 0 Å². The molecule has 3 N–H and O–H groups in total. The lowest BCUT2D eigenvalue weighted by Crippen LogP contribution is -2.20. The van der Waals surface area contributed by atoms with Gasteiger partial charge in [-0.1, -0.05) is 5.16 Å². The van der Waals surface area contributed by atoms with Crippen molar-refractivity contribution >= 4 is 5.84 Å². The third-order valence-electron chi connectivity index (χ3n) is 2.15. The van der Waals surface area contributed by atoms with Crippen molar-refractivity contribution in [3.05, 3.63) is 12.1 Å². The van der Waals surface area contributed by atoms with E-state index in [0.29, 0.717) is 23.0 Å². The zero-order valence-corrected chi connectivity index (χ0v) is 10.5. The summed E-state index contributed by atoms with van der Waals surface area (Å²) in [6.45, 7) is -0.0465. The van der Waals surface area contributed by atoms with Gasteiger partial charge in [-0.15, -0.1) is 0 Å². The molecule has 0 heterocycles. The van der Waals surface area contributed by atoms with Crippen LogP contribution in [-0.4, -0.2) is 39.0 Å². The molecule has 0 unspecified atom stereocenters. The molecule has 0 spiro atoms. The van der Waals surface area contributed by atoms with E-state index in [1.807, 2.05) is 0 Å². The lowest BCUT2D eigenvalue weighted by atomic mass is 10.2. The Balaban J connectivity index is 3.00. The Kier molecular flexibility index (Phi) is 4.91. The average Bonchev–Trinajstić information content (AvgIpc) is 2.43. The first-order valence-corrected chi connectivity index (χ1v) is 5.05. The number of nitrogens with two attached hydrogens (primary N) is 1. The summed E-state index contributed by atoms with van der Waals surface area (Å²) in [6, 6.07) is 3.23. The summed E-state index contributed by atoms with van der Waals surface area (Å²) in [4.78, 5) is 0. The molecule has 0 saturated heterocycles. The first kappa shape index (κ1) is 13.8. The van der Waals surface area contributed by atoms with Crippen LogP contribution in [0.3, 0.4) is 0 Å². The van der Waals surface area contributed by atoms with Gasteiger partial charge < -0.3 is 29.9 Å². The minimum Gasteiger partial charge on any atom is -0.493 e. The molecule has 0 atom stereocenters. The Labute approximate surface area is 105 Å². The molecule has 0 radical (unpaired) electrons. The molecule has 0 aliphatic carbocycles. The molecule has 7 heteroatoms. The molecule has 1 aromatic rings. The van der Waals surface area contributed by atoms with Crippen LogP contribution >= 0.6 is 0 Å². The third kappa shape index (κ3) is 3.09. The summed E-state index contributed by atoms with van der Waals surface area (Å²) in [6.07, 6.45) is 0.